The molecule has 2 aromatic rings. The summed E-state index contributed by atoms with van der Waals surface area (Å²) in [6, 6.07) is 3.87. The summed E-state index contributed by atoms with van der Waals surface area (Å²) in [4.78, 5) is 12.9. The monoisotopic (exact) mass is 306 g/mol. The molecular weight excluding hydrogens is 284 g/mol. The zero-order valence-corrected chi connectivity index (χ0v) is 14.0. The number of H-pyrrole nitrogens is 1. The molecule has 2 heterocycles. The van der Waals surface area contributed by atoms with Crippen molar-refractivity contribution in [3.05, 3.63) is 33.0 Å². The number of hydrogen-bond donors (Lipinski definition) is 1. The Morgan fingerprint density at radius 1 is 1.33 bits per heavy atom. The van der Waals surface area contributed by atoms with Crippen LogP contribution < -0.4 is 5.56 Å². The minimum atomic E-state index is -0.0796. The number of rotatable bonds is 3. The average Bonchev–Trinajstić information content (AvgIpc) is 2.71. The quantitative estimate of drug-likeness (QED) is 0.887. The molecule has 1 N–H and O–H groups in total. The second-order valence-corrected chi connectivity index (χ2v) is 6.64. The van der Waals surface area contributed by atoms with Crippen LogP contribution in [0.15, 0.2) is 16.9 Å². The van der Waals surface area contributed by atoms with Crippen LogP contribution >= 0.6 is 12.2 Å². The Labute approximate surface area is 129 Å². The summed E-state index contributed by atoms with van der Waals surface area (Å²) in [5, 5.41) is 6.90. The van der Waals surface area contributed by atoms with Gasteiger partial charge in [-0.2, -0.15) is 5.10 Å². The summed E-state index contributed by atoms with van der Waals surface area (Å²) in [7, 11) is 1.81. The van der Waals surface area contributed by atoms with E-state index in [9.17, 15) is 4.79 Å². The van der Waals surface area contributed by atoms with E-state index in [0.29, 0.717) is 22.7 Å². The molecule has 6 heteroatoms. The lowest BCUT2D eigenvalue weighted by atomic mass is 9.90. The maximum atomic E-state index is 12.9. The van der Waals surface area contributed by atoms with Gasteiger partial charge in [0.2, 0.25) is 0 Å². The van der Waals surface area contributed by atoms with Gasteiger partial charge in [-0.25, -0.2) is 0 Å². The molecule has 0 atom stereocenters. The van der Waals surface area contributed by atoms with Crippen LogP contribution in [0.3, 0.4) is 0 Å². The second kappa shape index (κ2) is 5.60. The highest BCUT2D eigenvalue weighted by Crippen LogP contribution is 2.23. The number of pyridine rings is 1. The largest absolute Gasteiger partial charge is 0.312 e. The number of aromatic nitrogens is 4. The topological polar surface area (TPSA) is 55.6 Å². The Morgan fingerprint density at radius 2 is 2.00 bits per heavy atom. The van der Waals surface area contributed by atoms with E-state index in [1.165, 1.54) is 0 Å². The van der Waals surface area contributed by atoms with Crippen molar-refractivity contribution < 1.29 is 0 Å². The van der Waals surface area contributed by atoms with E-state index in [1.807, 2.05) is 23.7 Å². The molecule has 21 heavy (non-hydrogen) atoms. The van der Waals surface area contributed by atoms with Gasteiger partial charge in [0.1, 0.15) is 0 Å². The molecule has 0 aromatic carbocycles. The lowest BCUT2D eigenvalue weighted by Crippen LogP contribution is -2.30. The molecule has 2 rings (SSSR count). The molecule has 0 amide bonds. The van der Waals surface area contributed by atoms with Crippen LogP contribution in [0.2, 0.25) is 0 Å². The molecule has 0 aliphatic carbocycles. The number of aromatic amines is 1. The third-order valence-electron chi connectivity index (χ3n) is 3.51. The lowest BCUT2D eigenvalue weighted by molar-refractivity contribution is 0.498. The van der Waals surface area contributed by atoms with Crippen molar-refractivity contribution in [3.63, 3.8) is 0 Å². The zero-order valence-electron chi connectivity index (χ0n) is 13.2. The Balaban J connectivity index is 2.72. The van der Waals surface area contributed by atoms with Gasteiger partial charge in [-0.15, -0.1) is 0 Å². The van der Waals surface area contributed by atoms with Crippen LogP contribution in [-0.4, -0.2) is 19.3 Å². The van der Waals surface area contributed by atoms with Crippen LogP contribution in [0, 0.1) is 4.77 Å². The van der Waals surface area contributed by atoms with E-state index in [0.717, 1.165) is 12.1 Å². The molecule has 0 spiro atoms. The first-order valence-electron chi connectivity index (χ1n) is 7.13. The highest BCUT2D eigenvalue weighted by Gasteiger charge is 2.21. The predicted octanol–water partition coefficient (Wildman–Crippen LogP) is 3.01. The van der Waals surface area contributed by atoms with Crippen molar-refractivity contribution >= 4 is 12.2 Å². The van der Waals surface area contributed by atoms with Gasteiger partial charge in [0.05, 0.1) is 5.56 Å². The molecular formula is C15H22N4OS. The van der Waals surface area contributed by atoms with Crippen LogP contribution in [-0.2, 0) is 19.0 Å². The van der Waals surface area contributed by atoms with Gasteiger partial charge in [-0.05, 0) is 30.8 Å². The summed E-state index contributed by atoms with van der Waals surface area (Å²) < 4.78 is 4.08. The molecule has 0 saturated carbocycles. The first-order valence-corrected chi connectivity index (χ1v) is 7.54. The standard InChI is InChI=1S/C15H22N4OS/c1-6-9-19-11(15(2,3)4)8-7-10(13(19)20)12-16-17-14(21)18(12)5/h7-8H,6,9H2,1-5H3,(H,17,21). The van der Waals surface area contributed by atoms with Gasteiger partial charge in [0.15, 0.2) is 10.6 Å². The van der Waals surface area contributed by atoms with E-state index < -0.39 is 0 Å². The molecule has 0 saturated heterocycles. The van der Waals surface area contributed by atoms with Crippen molar-refractivity contribution in [1.29, 1.82) is 0 Å². The van der Waals surface area contributed by atoms with Crippen LogP contribution in [0.4, 0.5) is 0 Å². The van der Waals surface area contributed by atoms with Gasteiger partial charge in [-0.3, -0.25) is 9.89 Å². The average molecular weight is 306 g/mol. The summed E-state index contributed by atoms with van der Waals surface area (Å²) in [6.07, 6.45) is 0.908. The predicted molar refractivity (Wildman–Crippen MR) is 87.1 cm³/mol. The van der Waals surface area contributed by atoms with E-state index in [-0.39, 0.29) is 11.0 Å². The van der Waals surface area contributed by atoms with E-state index in [2.05, 4.69) is 37.9 Å². The fraction of sp³-hybridized carbons (Fsp3) is 0.533. The van der Waals surface area contributed by atoms with Gasteiger partial charge in [0.25, 0.3) is 5.56 Å². The first-order chi connectivity index (χ1) is 9.77. The maximum Gasteiger partial charge on any atom is 0.261 e. The van der Waals surface area contributed by atoms with Gasteiger partial charge < -0.3 is 9.13 Å². The summed E-state index contributed by atoms with van der Waals surface area (Å²) in [6.45, 7) is 9.12. The van der Waals surface area contributed by atoms with Gasteiger partial charge in [0, 0.05) is 24.7 Å². The first kappa shape index (κ1) is 15.7. The Kier molecular flexibility index (Phi) is 4.18. The summed E-state index contributed by atoms with van der Waals surface area (Å²) >= 11 is 5.12. The molecule has 2 aromatic heterocycles. The molecule has 0 fully saturated rings. The molecule has 0 radical (unpaired) electrons. The van der Waals surface area contributed by atoms with Gasteiger partial charge in [-0.1, -0.05) is 27.7 Å². The minimum Gasteiger partial charge on any atom is -0.312 e. The molecule has 0 aliphatic heterocycles. The summed E-state index contributed by atoms with van der Waals surface area (Å²) in [5.41, 5.74) is 1.52. The van der Waals surface area contributed by atoms with Crippen molar-refractivity contribution in [3.8, 4) is 11.4 Å². The van der Waals surface area contributed by atoms with Crippen molar-refractivity contribution in [2.75, 3.05) is 0 Å². The zero-order chi connectivity index (χ0) is 15.8. The number of nitrogens with zero attached hydrogens (tertiary/aromatic N) is 3. The highest BCUT2D eigenvalue weighted by atomic mass is 32.1. The molecule has 0 bridgehead atoms. The fourth-order valence-electron chi connectivity index (χ4n) is 2.44. The second-order valence-electron chi connectivity index (χ2n) is 6.25. The van der Waals surface area contributed by atoms with E-state index in [1.54, 1.807) is 4.57 Å². The van der Waals surface area contributed by atoms with Crippen LogP contribution in [0.1, 0.15) is 39.8 Å². The normalized spacial score (nSPS) is 11.9. The number of hydrogen-bond acceptors (Lipinski definition) is 3. The van der Waals surface area contributed by atoms with Crippen LogP contribution in [0.25, 0.3) is 11.4 Å². The minimum absolute atomic E-state index is 0.0126. The third-order valence-corrected chi connectivity index (χ3v) is 3.88. The SMILES string of the molecule is CCCn1c(C(C)(C)C)ccc(-c2n[nH]c(=S)n2C)c1=O. The Bertz CT molecular complexity index is 761. The van der Waals surface area contributed by atoms with Crippen molar-refractivity contribution in [2.45, 2.75) is 46.1 Å². The molecule has 114 valence electrons. The molecule has 0 unspecified atom stereocenters. The van der Waals surface area contributed by atoms with Crippen molar-refractivity contribution in [1.82, 2.24) is 19.3 Å². The van der Waals surface area contributed by atoms with Gasteiger partial charge >= 0.3 is 0 Å². The number of nitrogens with one attached hydrogen (secondary N) is 1. The van der Waals surface area contributed by atoms with E-state index in [4.69, 9.17) is 12.2 Å². The maximum absolute atomic E-state index is 12.9. The van der Waals surface area contributed by atoms with Crippen LogP contribution in [0.5, 0.6) is 0 Å². The van der Waals surface area contributed by atoms with E-state index >= 15 is 0 Å². The fourth-order valence-corrected chi connectivity index (χ4v) is 2.57. The molecule has 5 nitrogen and oxygen atoms in total. The molecule has 0 aliphatic rings. The van der Waals surface area contributed by atoms with Crippen molar-refractivity contribution in [2.24, 2.45) is 7.05 Å². The third kappa shape index (κ3) is 2.85. The smallest absolute Gasteiger partial charge is 0.261 e. The lowest BCUT2D eigenvalue weighted by Gasteiger charge is -2.24. The Morgan fingerprint density at radius 3 is 2.48 bits per heavy atom. The highest BCUT2D eigenvalue weighted by molar-refractivity contribution is 7.71. The summed E-state index contributed by atoms with van der Waals surface area (Å²) in [5.74, 6) is 0.579. The Hall–Kier alpha value is -1.69.